The zero-order valence-corrected chi connectivity index (χ0v) is 15.6. The molecule has 26 heavy (non-hydrogen) atoms. The maximum atomic E-state index is 12.9. The Morgan fingerprint density at radius 3 is 2.58 bits per heavy atom. The van der Waals surface area contributed by atoms with Crippen LogP contribution in [0.1, 0.15) is 30.4 Å². The van der Waals surface area contributed by atoms with Crippen molar-refractivity contribution in [2.45, 2.75) is 25.8 Å². The molecule has 0 bridgehead atoms. The maximum absolute atomic E-state index is 12.9. The van der Waals surface area contributed by atoms with Crippen LogP contribution < -0.4 is 0 Å². The van der Waals surface area contributed by atoms with Crippen molar-refractivity contribution in [1.29, 1.82) is 5.26 Å². The fourth-order valence-corrected chi connectivity index (χ4v) is 3.95. The first-order valence-electron chi connectivity index (χ1n) is 9.14. The molecule has 3 rings (SSSR count). The van der Waals surface area contributed by atoms with Gasteiger partial charge in [0, 0.05) is 27.2 Å². The number of benzene rings is 1. The second kappa shape index (κ2) is 7.46. The van der Waals surface area contributed by atoms with Gasteiger partial charge in [-0.3, -0.25) is 14.5 Å². The van der Waals surface area contributed by atoms with E-state index in [1.54, 1.807) is 19.0 Å². The molecule has 6 heteroatoms. The van der Waals surface area contributed by atoms with Crippen LogP contribution >= 0.6 is 0 Å². The molecular weight excluding hydrogens is 328 g/mol. The molecule has 0 aromatic heterocycles. The third-order valence-corrected chi connectivity index (χ3v) is 5.70. The van der Waals surface area contributed by atoms with E-state index >= 15 is 0 Å². The standard InChI is InChI=1S/C20H26N4O2/c1-22(2)18(25)15-24-11-8-20(19(24)26)6-9-23(10-7-20)14-17-5-3-4-16(12-17)13-21/h3-5,12H,6-11,14-15H2,1-2H3. The van der Waals surface area contributed by atoms with Crippen LogP contribution in [0.2, 0.25) is 0 Å². The SMILES string of the molecule is CN(C)C(=O)CN1CCC2(CCN(Cc3cccc(C#N)c3)CC2)C1=O. The number of piperidine rings is 1. The Morgan fingerprint density at radius 1 is 1.23 bits per heavy atom. The molecule has 2 heterocycles. The van der Waals surface area contributed by atoms with Crippen LogP contribution in [-0.4, -0.2) is 66.8 Å². The summed E-state index contributed by atoms with van der Waals surface area (Å²) in [6, 6.07) is 9.88. The predicted molar refractivity (Wildman–Crippen MR) is 98.0 cm³/mol. The first kappa shape index (κ1) is 18.4. The molecule has 6 nitrogen and oxygen atoms in total. The summed E-state index contributed by atoms with van der Waals surface area (Å²) in [4.78, 5) is 30.4. The monoisotopic (exact) mass is 354 g/mol. The lowest BCUT2D eigenvalue weighted by Gasteiger charge is -2.38. The number of carbonyl (C=O) groups excluding carboxylic acids is 2. The van der Waals surface area contributed by atoms with Crippen LogP contribution in [0.4, 0.5) is 0 Å². The average Bonchev–Trinajstić information content (AvgIpc) is 2.93. The topological polar surface area (TPSA) is 67.7 Å². The Balaban J connectivity index is 1.57. The minimum Gasteiger partial charge on any atom is -0.347 e. The molecule has 0 atom stereocenters. The summed E-state index contributed by atoms with van der Waals surface area (Å²) in [5.41, 5.74) is 1.54. The Kier molecular flexibility index (Phi) is 5.28. The molecule has 0 aliphatic carbocycles. The molecule has 1 aromatic rings. The highest BCUT2D eigenvalue weighted by Gasteiger charge is 2.48. The van der Waals surface area contributed by atoms with Crippen molar-refractivity contribution in [2.75, 3.05) is 40.3 Å². The Hall–Kier alpha value is -2.39. The van der Waals surface area contributed by atoms with Crippen molar-refractivity contribution in [3.05, 3.63) is 35.4 Å². The van der Waals surface area contributed by atoms with Gasteiger partial charge in [0.25, 0.3) is 0 Å². The van der Waals surface area contributed by atoms with E-state index in [2.05, 4.69) is 11.0 Å². The van der Waals surface area contributed by atoms with E-state index in [1.807, 2.05) is 24.3 Å². The van der Waals surface area contributed by atoms with Gasteiger partial charge in [0.2, 0.25) is 11.8 Å². The lowest BCUT2D eigenvalue weighted by molar-refractivity contribution is -0.143. The number of likely N-dealkylation sites (tertiary alicyclic amines) is 2. The minimum atomic E-state index is -0.280. The van der Waals surface area contributed by atoms with Gasteiger partial charge in [-0.2, -0.15) is 5.26 Å². The summed E-state index contributed by atoms with van der Waals surface area (Å²) < 4.78 is 0. The number of rotatable bonds is 4. The van der Waals surface area contributed by atoms with E-state index < -0.39 is 0 Å². The number of hydrogen-bond donors (Lipinski definition) is 0. The number of carbonyl (C=O) groups is 2. The smallest absolute Gasteiger partial charge is 0.241 e. The molecule has 2 fully saturated rings. The van der Waals surface area contributed by atoms with E-state index in [1.165, 1.54) is 4.90 Å². The zero-order valence-electron chi connectivity index (χ0n) is 15.6. The zero-order chi connectivity index (χ0) is 18.7. The Bertz CT molecular complexity index is 730. The van der Waals surface area contributed by atoms with Gasteiger partial charge in [-0.1, -0.05) is 12.1 Å². The van der Waals surface area contributed by atoms with E-state index in [4.69, 9.17) is 5.26 Å². The number of likely N-dealkylation sites (N-methyl/N-ethyl adjacent to an activating group) is 1. The molecule has 2 saturated heterocycles. The molecule has 1 spiro atoms. The second-order valence-electron chi connectivity index (χ2n) is 7.63. The Labute approximate surface area is 155 Å². The minimum absolute atomic E-state index is 0.0230. The van der Waals surface area contributed by atoms with Gasteiger partial charge in [0.05, 0.1) is 23.6 Å². The van der Waals surface area contributed by atoms with Gasteiger partial charge in [-0.15, -0.1) is 0 Å². The van der Waals surface area contributed by atoms with Gasteiger partial charge >= 0.3 is 0 Å². The van der Waals surface area contributed by atoms with Crippen LogP contribution in [0, 0.1) is 16.7 Å². The van der Waals surface area contributed by atoms with Gasteiger partial charge in [0.15, 0.2) is 0 Å². The fraction of sp³-hybridized carbons (Fsp3) is 0.550. The second-order valence-corrected chi connectivity index (χ2v) is 7.63. The van der Waals surface area contributed by atoms with Crippen molar-refractivity contribution >= 4 is 11.8 Å². The molecule has 0 radical (unpaired) electrons. The van der Waals surface area contributed by atoms with Crippen molar-refractivity contribution in [3.63, 3.8) is 0 Å². The molecule has 2 amide bonds. The molecule has 1 aromatic carbocycles. The summed E-state index contributed by atoms with van der Waals surface area (Å²) in [5, 5.41) is 9.03. The molecule has 0 saturated carbocycles. The van der Waals surface area contributed by atoms with Crippen LogP contribution in [0.25, 0.3) is 0 Å². The van der Waals surface area contributed by atoms with Crippen molar-refractivity contribution in [1.82, 2.24) is 14.7 Å². The van der Waals surface area contributed by atoms with Gasteiger partial charge in [0.1, 0.15) is 0 Å². The molecule has 2 aliphatic heterocycles. The molecule has 0 unspecified atom stereocenters. The fourth-order valence-electron chi connectivity index (χ4n) is 3.95. The van der Waals surface area contributed by atoms with E-state index in [9.17, 15) is 9.59 Å². The first-order valence-corrected chi connectivity index (χ1v) is 9.14. The quantitative estimate of drug-likeness (QED) is 0.821. The molecular formula is C20H26N4O2. The largest absolute Gasteiger partial charge is 0.347 e. The third kappa shape index (κ3) is 3.73. The first-order chi connectivity index (χ1) is 12.4. The number of nitriles is 1. The highest BCUT2D eigenvalue weighted by molar-refractivity contribution is 5.89. The van der Waals surface area contributed by atoms with Crippen LogP contribution in [0.15, 0.2) is 24.3 Å². The van der Waals surface area contributed by atoms with Crippen LogP contribution in [-0.2, 0) is 16.1 Å². The molecule has 138 valence electrons. The molecule has 0 N–H and O–H groups in total. The summed E-state index contributed by atoms with van der Waals surface area (Å²) in [6.45, 7) is 3.43. The molecule has 2 aliphatic rings. The van der Waals surface area contributed by atoms with Crippen LogP contribution in [0.3, 0.4) is 0 Å². The van der Waals surface area contributed by atoms with Crippen molar-refractivity contribution in [3.8, 4) is 6.07 Å². The van der Waals surface area contributed by atoms with Gasteiger partial charge in [-0.25, -0.2) is 0 Å². The lowest BCUT2D eigenvalue weighted by Crippen LogP contribution is -2.46. The Morgan fingerprint density at radius 2 is 1.92 bits per heavy atom. The number of nitrogens with zero attached hydrogens (tertiary/aromatic N) is 4. The van der Waals surface area contributed by atoms with Crippen LogP contribution in [0.5, 0.6) is 0 Å². The lowest BCUT2D eigenvalue weighted by atomic mass is 9.77. The van der Waals surface area contributed by atoms with E-state index in [0.29, 0.717) is 12.1 Å². The van der Waals surface area contributed by atoms with Gasteiger partial charge in [-0.05, 0) is 50.0 Å². The summed E-state index contributed by atoms with van der Waals surface area (Å²) in [6.07, 6.45) is 2.54. The third-order valence-electron chi connectivity index (χ3n) is 5.70. The average molecular weight is 354 g/mol. The van der Waals surface area contributed by atoms with E-state index in [-0.39, 0.29) is 23.8 Å². The maximum Gasteiger partial charge on any atom is 0.241 e. The number of hydrogen-bond acceptors (Lipinski definition) is 4. The highest BCUT2D eigenvalue weighted by atomic mass is 16.2. The summed E-state index contributed by atoms with van der Waals surface area (Å²) in [5.74, 6) is 0.129. The number of amides is 2. The summed E-state index contributed by atoms with van der Waals surface area (Å²) in [7, 11) is 3.44. The van der Waals surface area contributed by atoms with Gasteiger partial charge < -0.3 is 9.80 Å². The normalized spacial score (nSPS) is 19.6. The van der Waals surface area contributed by atoms with E-state index in [0.717, 1.165) is 44.5 Å². The summed E-state index contributed by atoms with van der Waals surface area (Å²) >= 11 is 0. The predicted octanol–water partition coefficient (Wildman–Crippen LogP) is 1.46. The highest BCUT2D eigenvalue weighted by Crippen LogP contribution is 2.41. The van der Waals surface area contributed by atoms with Crippen molar-refractivity contribution < 1.29 is 9.59 Å². The van der Waals surface area contributed by atoms with Crippen molar-refractivity contribution in [2.24, 2.45) is 5.41 Å².